The summed E-state index contributed by atoms with van der Waals surface area (Å²) in [7, 11) is 2.05. The topological polar surface area (TPSA) is 43.8 Å². The van der Waals surface area contributed by atoms with Crippen molar-refractivity contribution in [1.82, 2.24) is 9.55 Å². The maximum Gasteiger partial charge on any atom is 0.132 e. The molecular weight excluding hydrogens is 322 g/mol. The number of imidazole rings is 1. The van der Waals surface area contributed by atoms with E-state index >= 15 is 0 Å². The lowest BCUT2D eigenvalue weighted by atomic mass is 10.1. The van der Waals surface area contributed by atoms with Gasteiger partial charge in [-0.2, -0.15) is 0 Å². The van der Waals surface area contributed by atoms with Gasteiger partial charge in [-0.25, -0.2) is 4.98 Å². The molecule has 0 atom stereocenters. The third kappa shape index (κ3) is 2.12. The lowest BCUT2D eigenvalue weighted by Gasteiger charge is -2.05. The average Bonchev–Trinajstić information content (AvgIpc) is 2.93. The van der Waals surface area contributed by atoms with Crippen LogP contribution >= 0.6 is 27.3 Å². The van der Waals surface area contributed by atoms with E-state index in [9.17, 15) is 0 Å². The number of nitrogens with zero attached hydrogens (tertiary/aromatic N) is 2. The van der Waals surface area contributed by atoms with E-state index in [-0.39, 0.29) is 0 Å². The second kappa shape index (κ2) is 5.07. The van der Waals surface area contributed by atoms with Crippen LogP contribution in [0.1, 0.15) is 5.82 Å². The van der Waals surface area contributed by atoms with Gasteiger partial charge in [-0.05, 0) is 28.5 Å². The maximum atomic E-state index is 5.63. The SMILES string of the molecule is Cn1c(CCN)nc(Br)c1-c1csc2ccccc12. The predicted molar refractivity (Wildman–Crippen MR) is 84.5 cm³/mol. The number of fused-ring (bicyclic) bond motifs is 1. The molecule has 0 amide bonds. The molecule has 0 saturated heterocycles. The van der Waals surface area contributed by atoms with Gasteiger partial charge in [0.25, 0.3) is 0 Å². The molecule has 0 spiro atoms. The van der Waals surface area contributed by atoms with Crippen LogP contribution in [0.15, 0.2) is 34.2 Å². The monoisotopic (exact) mass is 335 g/mol. The summed E-state index contributed by atoms with van der Waals surface area (Å²) in [5.41, 5.74) is 7.98. The zero-order valence-corrected chi connectivity index (χ0v) is 13.0. The third-order valence-corrected chi connectivity index (χ3v) is 4.77. The summed E-state index contributed by atoms with van der Waals surface area (Å²) in [6.45, 7) is 0.612. The van der Waals surface area contributed by atoms with Crippen LogP contribution in [-0.4, -0.2) is 16.1 Å². The van der Waals surface area contributed by atoms with Gasteiger partial charge in [-0.3, -0.25) is 0 Å². The van der Waals surface area contributed by atoms with E-state index in [0.717, 1.165) is 22.5 Å². The minimum atomic E-state index is 0.612. The Hall–Kier alpha value is -1.17. The van der Waals surface area contributed by atoms with Crippen LogP contribution in [0.4, 0.5) is 0 Å². The zero-order valence-electron chi connectivity index (χ0n) is 10.6. The van der Waals surface area contributed by atoms with Gasteiger partial charge >= 0.3 is 0 Å². The molecule has 0 bridgehead atoms. The van der Waals surface area contributed by atoms with Gasteiger partial charge in [0.2, 0.25) is 0 Å². The van der Waals surface area contributed by atoms with Crippen molar-refractivity contribution >= 4 is 37.4 Å². The number of thiophene rings is 1. The molecule has 3 rings (SSSR count). The lowest BCUT2D eigenvalue weighted by molar-refractivity contribution is 0.782. The van der Waals surface area contributed by atoms with Gasteiger partial charge in [0.15, 0.2) is 0 Å². The van der Waals surface area contributed by atoms with Gasteiger partial charge in [0.05, 0.1) is 5.69 Å². The highest BCUT2D eigenvalue weighted by atomic mass is 79.9. The Bertz CT molecular complexity index is 729. The van der Waals surface area contributed by atoms with Crippen LogP contribution in [0, 0.1) is 0 Å². The highest BCUT2D eigenvalue weighted by Crippen LogP contribution is 2.37. The molecule has 0 aliphatic carbocycles. The fraction of sp³-hybridized carbons (Fsp3) is 0.214. The normalized spacial score (nSPS) is 11.3. The molecule has 3 aromatic rings. The fourth-order valence-electron chi connectivity index (χ4n) is 2.31. The van der Waals surface area contributed by atoms with E-state index < -0.39 is 0 Å². The molecule has 2 aromatic heterocycles. The molecule has 0 fully saturated rings. The van der Waals surface area contributed by atoms with Crippen LogP contribution in [-0.2, 0) is 13.5 Å². The van der Waals surface area contributed by atoms with Crippen molar-refractivity contribution in [3.05, 3.63) is 40.1 Å². The number of aromatic nitrogens is 2. The second-order valence-corrected chi connectivity index (χ2v) is 6.07. The number of benzene rings is 1. The summed E-state index contributed by atoms with van der Waals surface area (Å²) < 4.78 is 4.32. The Morgan fingerprint density at radius 1 is 1.37 bits per heavy atom. The number of rotatable bonds is 3. The van der Waals surface area contributed by atoms with E-state index in [0.29, 0.717) is 6.54 Å². The molecule has 98 valence electrons. The molecule has 2 heterocycles. The maximum absolute atomic E-state index is 5.63. The smallest absolute Gasteiger partial charge is 0.132 e. The van der Waals surface area contributed by atoms with Crippen molar-refractivity contribution in [3.8, 4) is 11.3 Å². The fourth-order valence-corrected chi connectivity index (χ4v) is 3.94. The quantitative estimate of drug-likeness (QED) is 0.795. The molecule has 0 unspecified atom stereocenters. The number of hydrogen-bond donors (Lipinski definition) is 1. The Kier molecular flexibility index (Phi) is 3.43. The molecule has 0 aliphatic heterocycles. The highest BCUT2D eigenvalue weighted by molar-refractivity contribution is 9.10. The summed E-state index contributed by atoms with van der Waals surface area (Å²) >= 11 is 5.34. The van der Waals surface area contributed by atoms with Crippen molar-refractivity contribution in [2.75, 3.05) is 6.54 Å². The van der Waals surface area contributed by atoms with Gasteiger partial charge in [0.1, 0.15) is 10.4 Å². The highest BCUT2D eigenvalue weighted by Gasteiger charge is 2.17. The molecule has 0 saturated carbocycles. The number of halogens is 1. The van der Waals surface area contributed by atoms with Crippen LogP contribution in [0.3, 0.4) is 0 Å². The van der Waals surface area contributed by atoms with Crippen molar-refractivity contribution in [3.63, 3.8) is 0 Å². The van der Waals surface area contributed by atoms with Crippen LogP contribution in [0.2, 0.25) is 0 Å². The van der Waals surface area contributed by atoms with Gasteiger partial charge in [-0.1, -0.05) is 18.2 Å². The van der Waals surface area contributed by atoms with Crippen LogP contribution in [0.5, 0.6) is 0 Å². The predicted octanol–water partition coefficient (Wildman–Crippen LogP) is 3.57. The largest absolute Gasteiger partial charge is 0.330 e. The van der Waals surface area contributed by atoms with E-state index in [1.54, 1.807) is 11.3 Å². The standard InChI is InChI=1S/C14H14BrN3S/c1-18-12(6-7-16)17-14(15)13(18)10-8-19-11-5-3-2-4-9(10)11/h2-5,8H,6-7,16H2,1H3. The van der Waals surface area contributed by atoms with Crippen LogP contribution in [0.25, 0.3) is 21.3 Å². The Morgan fingerprint density at radius 3 is 2.95 bits per heavy atom. The Balaban J connectivity index is 2.21. The lowest BCUT2D eigenvalue weighted by Crippen LogP contribution is -2.08. The number of hydrogen-bond acceptors (Lipinski definition) is 3. The molecule has 3 nitrogen and oxygen atoms in total. The summed E-state index contributed by atoms with van der Waals surface area (Å²) in [6, 6.07) is 8.45. The summed E-state index contributed by atoms with van der Waals surface area (Å²) in [5.74, 6) is 1.01. The Morgan fingerprint density at radius 2 is 2.16 bits per heavy atom. The van der Waals surface area contributed by atoms with E-state index in [2.05, 4.69) is 55.1 Å². The molecule has 2 N–H and O–H groups in total. The third-order valence-electron chi connectivity index (χ3n) is 3.25. The molecular formula is C14H14BrN3S. The number of nitrogens with two attached hydrogens (primary N) is 1. The second-order valence-electron chi connectivity index (χ2n) is 4.41. The van der Waals surface area contributed by atoms with Crippen molar-refractivity contribution in [1.29, 1.82) is 0 Å². The van der Waals surface area contributed by atoms with Gasteiger partial charge < -0.3 is 10.3 Å². The van der Waals surface area contributed by atoms with Crippen molar-refractivity contribution in [2.45, 2.75) is 6.42 Å². The van der Waals surface area contributed by atoms with Gasteiger partial charge in [0, 0.05) is 34.5 Å². The minimum Gasteiger partial charge on any atom is -0.330 e. The first-order valence-electron chi connectivity index (χ1n) is 6.10. The summed E-state index contributed by atoms with van der Waals surface area (Å²) in [4.78, 5) is 4.57. The summed E-state index contributed by atoms with van der Waals surface area (Å²) in [5, 5.41) is 3.47. The average molecular weight is 336 g/mol. The molecule has 0 aliphatic rings. The molecule has 19 heavy (non-hydrogen) atoms. The molecule has 5 heteroatoms. The first-order valence-corrected chi connectivity index (χ1v) is 7.77. The van der Waals surface area contributed by atoms with E-state index in [4.69, 9.17) is 5.73 Å². The first-order chi connectivity index (χ1) is 9.22. The zero-order chi connectivity index (χ0) is 13.4. The minimum absolute atomic E-state index is 0.612. The van der Waals surface area contributed by atoms with E-state index in [1.165, 1.54) is 15.6 Å². The molecule has 1 aromatic carbocycles. The van der Waals surface area contributed by atoms with Gasteiger partial charge in [-0.15, -0.1) is 11.3 Å². The van der Waals surface area contributed by atoms with E-state index in [1.807, 2.05) is 7.05 Å². The Labute approximate surface area is 124 Å². The summed E-state index contributed by atoms with van der Waals surface area (Å²) in [6.07, 6.45) is 0.789. The van der Waals surface area contributed by atoms with Crippen molar-refractivity contribution < 1.29 is 0 Å². The van der Waals surface area contributed by atoms with Crippen LogP contribution < -0.4 is 5.73 Å². The molecule has 0 radical (unpaired) electrons. The first kappa shape index (κ1) is 12.8. The van der Waals surface area contributed by atoms with Crippen molar-refractivity contribution in [2.24, 2.45) is 12.8 Å².